The van der Waals surface area contributed by atoms with Crippen LogP contribution in [0.1, 0.15) is 38.7 Å². The monoisotopic (exact) mass is 228 g/mol. The number of hydrogen-bond acceptors (Lipinski definition) is 2. The maximum atomic E-state index is 8.91. The molecule has 0 atom stereocenters. The number of piperidine rings is 1. The number of benzene rings is 1. The van der Waals surface area contributed by atoms with Gasteiger partial charge in [0.1, 0.15) is 0 Å². The zero-order valence-electron chi connectivity index (χ0n) is 10.7. The Kier molecular flexibility index (Phi) is 3.38. The average molecular weight is 228 g/mol. The zero-order valence-corrected chi connectivity index (χ0v) is 10.7. The van der Waals surface area contributed by atoms with Crippen molar-refractivity contribution in [2.24, 2.45) is 5.41 Å². The summed E-state index contributed by atoms with van der Waals surface area (Å²) >= 11 is 0. The van der Waals surface area contributed by atoms with Gasteiger partial charge in [-0.15, -0.1) is 0 Å². The van der Waals surface area contributed by atoms with E-state index in [1.807, 2.05) is 18.2 Å². The van der Waals surface area contributed by atoms with Gasteiger partial charge in [-0.2, -0.15) is 5.26 Å². The normalized spacial score (nSPS) is 18.8. The highest BCUT2D eigenvalue weighted by atomic mass is 15.1. The van der Waals surface area contributed by atoms with E-state index in [0.29, 0.717) is 5.41 Å². The maximum Gasteiger partial charge on any atom is 0.0992 e. The first-order valence-electron chi connectivity index (χ1n) is 6.42. The van der Waals surface area contributed by atoms with Crippen LogP contribution in [0, 0.1) is 16.7 Å². The molecule has 1 aromatic carbocycles. The molecule has 2 nitrogen and oxygen atoms in total. The fraction of sp³-hybridized carbons (Fsp3) is 0.533. The number of nitriles is 1. The van der Waals surface area contributed by atoms with Gasteiger partial charge in [0.15, 0.2) is 0 Å². The molecular weight excluding hydrogens is 208 g/mol. The van der Waals surface area contributed by atoms with Crippen LogP contribution in [0.25, 0.3) is 0 Å². The maximum absolute atomic E-state index is 8.91. The van der Waals surface area contributed by atoms with Crippen LogP contribution >= 0.6 is 0 Å². The minimum absolute atomic E-state index is 0.517. The molecule has 1 aromatic rings. The quantitative estimate of drug-likeness (QED) is 0.773. The van der Waals surface area contributed by atoms with E-state index >= 15 is 0 Å². The molecule has 0 bridgehead atoms. The van der Waals surface area contributed by atoms with E-state index in [1.54, 1.807) is 0 Å². The van der Waals surface area contributed by atoms with Gasteiger partial charge in [-0.05, 0) is 36.5 Å². The van der Waals surface area contributed by atoms with Crippen LogP contribution < -0.4 is 4.90 Å². The lowest BCUT2D eigenvalue weighted by Crippen LogP contribution is -2.38. The van der Waals surface area contributed by atoms with E-state index in [0.717, 1.165) is 18.7 Å². The van der Waals surface area contributed by atoms with Gasteiger partial charge in [-0.3, -0.25) is 0 Å². The molecule has 1 heterocycles. The number of hydrogen-bond donors (Lipinski definition) is 0. The highest BCUT2D eigenvalue weighted by Gasteiger charge is 2.28. The lowest BCUT2D eigenvalue weighted by atomic mass is 9.78. The molecule has 1 aliphatic heterocycles. The van der Waals surface area contributed by atoms with Crippen LogP contribution in [0.4, 0.5) is 5.69 Å². The summed E-state index contributed by atoms with van der Waals surface area (Å²) in [6, 6.07) is 10.1. The second-order valence-corrected chi connectivity index (χ2v) is 5.31. The second-order valence-electron chi connectivity index (χ2n) is 5.31. The van der Waals surface area contributed by atoms with Crippen LogP contribution in [0.5, 0.6) is 0 Å². The predicted molar refractivity (Wildman–Crippen MR) is 71.0 cm³/mol. The molecule has 17 heavy (non-hydrogen) atoms. The summed E-state index contributed by atoms with van der Waals surface area (Å²) in [5.41, 5.74) is 2.47. The molecule has 0 aliphatic carbocycles. The molecule has 0 aromatic heterocycles. The van der Waals surface area contributed by atoms with Gasteiger partial charge in [-0.1, -0.05) is 26.3 Å². The Bertz CT molecular complexity index is 423. The smallest absolute Gasteiger partial charge is 0.0992 e. The van der Waals surface area contributed by atoms with Gasteiger partial charge in [-0.25, -0.2) is 0 Å². The van der Waals surface area contributed by atoms with E-state index in [1.165, 1.54) is 24.9 Å². The van der Waals surface area contributed by atoms with Crippen molar-refractivity contribution in [3.8, 4) is 6.07 Å². The molecule has 1 aliphatic rings. The third-order valence-corrected chi connectivity index (χ3v) is 4.16. The molecular formula is C15H20N2. The van der Waals surface area contributed by atoms with Gasteiger partial charge in [0.25, 0.3) is 0 Å². The molecule has 0 N–H and O–H groups in total. The second kappa shape index (κ2) is 4.79. The predicted octanol–water partition coefficient (Wildman–Crippen LogP) is 3.57. The van der Waals surface area contributed by atoms with Crippen molar-refractivity contribution in [1.82, 2.24) is 0 Å². The summed E-state index contributed by atoms with van der Waals surface area (Å²) in [6.07, 6.45) is 3.76. The van der Waals surface area contributed by atoms with Crippen molar-refractivity contribution in [2.45, 2.75) is 33.1 Å². The van der Waals surface area contributed by atoms with Gasteiger partial charge in [0.05, 0.1) is 11.6 Å². The van der Waals surface area contributed by atoms with Crippen molar-refractivity contribution >= 4 is 5.69 Å². The van der Waals surface area contributed by atoms with Gasteiger partial charge < -0.3 is 4.90 Å². The van der Waals surface area contributed by atoms with Crippen molar-refractivity contribution in [1.29, 1.82) is 5.26 Å². The highest BCUT2D eigenvalue weighted by Crippen LogP contribution is 2.35. The Balaban J connectivity index is 2.08. The van der Waals surface area contributed by atoms with Crippen molar-refractivity contribution in [3.05, 3.63) is 29.8 Å². The van der Waals surface area contributed by atoms with Crippen molar-refractivity contribution in [3.63, 3.8) is 0 Å². The van der Waals surface area contributed by atoms with Crippen LogP contribution in [-0.2, 0) is 0 Å². The molecule has 0 saturated carbocycles. The summed E-state index contributed by atoms with van der Waals surface area (Å²) in [6.45, 7) is 6.89. The van der Waals surface area contributed by atoms with Gasteiger partial charge in [0.2, 0.25) is 0 Å². The SMILES string of the molecule is CCC1(C)CCN(c2cccc(C#N)c2)CC1. The molecule has 2 heteroatoms. The van der Waals surface area contributed by atoms with E-state index in [4.69, 9.17) is 5.26 Å². The summed E-state index contributed by atoms with van der Waals surface area (Å²) in [4.78, 5) is 2.40. The fourth-order valence-electron chi connectivity index (χ4n) is 2.43. The Labute approximate surface area is 104 Å². The average Bonchev–Trinajstić information content (AvgIpc) is 2.40. The first-order valence-corrected chi connectivity index (χ1v) is 6.42. The van der Waals surface area contributed by atoms with Crippen molar-refractivity contribution < 1.29 is 0 Å². The summed E-state index contributed by atoms with van der Waals surface area (Å²) in [5, 5.41) is 8.91. The van der Waals surface area contributed by atoms with Gasteiger partial charge in [0, 0.05) is 18.8 Å². The molecule has 0 unspecified atom stereocenters. The minimum Gasteiger partial charge on any atom is -0.371 e. The number of rotatable bonds is 2. The van der Waals surface area contributed by atoms with Crippen molar-refractivity contribution in [2.75, 3.05) is 18.0 Å². The minimum atomic E-state index is 0.517. The molecule has 90 valence electrons. The third-order valence-electron chi connectivity index (χ3n) is 4.16. The van der Waals surface area contributed by atoms with Crippen LogP contribution in [0.15, 0.2) is 24.3 Å². The topological polar surface area (TPSA) is 27.0 Å². The van der Waals surface area contributed by atoms with Gasteiger partial charge >= 0.3 is 0 Å². The first kappa shape index (κ1) is 12.0. The van der Waals surface area contributed by atoms with E-state index in [-0.39, 0.29) is 0 Å². The number of anilines is 1. The first-order chi connectivity index (χ1) is 8.17. The third kappa shape index (κ3) is 2.61. The lowest BCUT2D eigenvalue weighted by molar-refractivity contribution is 0.238. The Morgan fingerprint density at radius 2 is 2.06 bits per heavy atom. The summed E-state index contributed by atoms with van der Waals surface area (Å²) in [5.74, 6) is 0. The van der Waals surface area contributed by atoms with E-state index < -0.39 is 0 Å². The molecule has 1 fully saturated rings. The highest BCUT2D eigenvalue weighted by molar-refractivity contribution is 5.51. The molecule has 0 amide bonds. The standard InChI is InChI=1S/C15H20N2/c1-3-15(2)7-9-17(10-8-15)14-6-4-5-13(11-14)12-16/h4-6,11H,3,7-10H2,1-2H3. The Morgan fingerprint density at radius 3 is 2.65 bits per heavy atom. The molecule has 2 rings (SSSR count). The largest absolute Gasteiger partial charge is 0.371 e. The summed E-state index contributed by atoms with van der Waals surface area (Å²) in [7, 11) is 0. The lowest BCUT2D eigenvalue weighted by Gasteiger charge is -2.40. The summed E-state index contributed by atoms with van der Waals surface area (Å²) < 4.78 is 0. The zero-order chi connectivity index (χ0) is 12.3. The number of nitrogens with zero attached hydrogens (tertiary/aromatic N) is 2. The Hall–Kier alpha value is -1.49. The van der Waals surface area contributed by atoms with Crippen LogP contribution in [0.2, 0.25) is 0 Å². The van der Waals surface area contributed by atoms with E-state index in [2.05, 4.69) is 30.9 Å². The van der Waals surface area contributed by atoms with Crippen LogP contribution in [0.3, 0.4) is 0 Å². The molecule has 0 radical (unpaired) electrons. The Morgan fingerprint density at radius 1 is 1.35 bits per heavy atom. The molecule has 1 saturated heterocycles. The fourth-order valence-corrected chi connectivity index (χ4v) is 2.43. The van der Waals surface area contributed by atoms with E-state index in [9.17, 15) is 0 Å². The molecule has 0 spiro atoms. The van der Waals surface area contributed by atoms with Crippen LogP contribution in [-0.4, -0.2) is 13.1 Å².